The van der Waals surface area contributed by atoms with Crippen LogP contribution in [0.3, 0.4) is 0 Å². The van der Waals surface area contributed by atoms with E-state index in [1.807, 2.05) is 37.4 Å². The molecule has 1 aromatic heterocycles. The van der Waals surface area contributed by atoms with Crippen molar-refractivity contribution in [2.24, 2.45) is 5.92 Å². The number of hydrogen-bond acceptors (Lipinski definition) is 4. The van der Waals surface area contributed by atoms with Crippen molar-refractivity contribution in [1.82, 2.24) is 9.55 Å². The summed E-state index contributed by atoms with van der Waals surface area (Å²) in [4.78, 5) is 19.8. The third-order valence-corrected chi connectivity index (χ3v) is 5.65. The fraction of sp³-hybridized carbons (Fsp3) is 0.474. The van der Waals surface area contributed by atoms with Gasteiger partial charge in [0.05, 0.1) is 18.7 Å². The van der Waals surface area contributed by atoms with Crippen molar-refractivity contribution >= 4 is 5.82 Å². The van der Waals surface area contributed by atoms with Gasteiger partial charge in [0, 0.05) is 13.0 Å². The number of aromatic nitrogens is 2. The highest BCUT2D eigenvalue weighted by atomic mass is 16.6. The maximum Gasteiger partial charge on any atom is 0.259 e. The van der Waals surface area contributed by atoms with Gasteiger partial charge in [0.2, 0.25) is 0 Å². The molecule has 2 aliphatic rings. The molecule has 0 bridgehead atoms. The van der Waals surface area contributed by atoms with Crippen LogP contribution in [0.15, 0.2) is 41.5 Å². The lowest BCUT2D eigenvalue weighted by Crippen LogP contribution is -2.50. The summed E-state index contributed by atoms with van der Waals surface area (Å²) >= 11 is 0. The zero-order valence-corrected chi connectivity index (χ0v) is 14.4. The van der Waals surface area contributed by atoms with Crippen molar-refractivity contribution in [1.29, 1.82) is 0 Å². The van der Waals surface area contributed by atoms with E-state index in [2.05, 4.69) is 23.7 Å². The predicted molar refractivity (Wildman–Crippen MR) is 93.3 cm³/mol. The first-order valence-electron chi connectivity index (χ1n) is 8.59. The number of ether oxygens (including phenoxy) is 1. The van der Waals surface area contributed by atoms with Crippen molar-refractivity contribution in [2.75, 3.05) is 18.6 Å². The Kier molecular flexibility index (Phi) is 3.49. The summed E-state index contributed by atoms with van der Waals surface area (Å²) in [6, 6.07) is 10.0. The highest BCUT2D eigenvalue weighted by Gasteiger charge is 2.60. The molecule has 1 fully saturated rings. The molecule has 1 spiro atoms. The fourth-order valence-electron chi connectivity index (χ4n) is 4.23. The van der Waals surface area contributed by atoms with Crippen molar-refractivity contribution in [3.63, 3.8) is 0 Å². The van der Waals surface area contributed by atoms with E-state index in [0.717, 1.165) is 30.0 Å². The van der Waals surface area contributed by atoms with E-state index in [1.54, 1.807) is 10.9 Å². The molecule has 4 rings (SSSR count). The number of rotatable bonds is 3. The molecule has 126 valence electrons. The average molecular weight is 325 g/mol. The maximum atomic E-state index is 13.1. The zero-order valence-electron chi connectivity index (χ0n) is 14.4. The van der Waals surface area contributed by atoms with Crippen molar-refractivity contribution in [2.45, 2.75) is 38.5 Å². The molecule has 24 heavy (non-hydrogen) atoms. The van der Waals surface area contributed by atoms with Crippen LogP contribution in [-0.2, 0) is 11.3 Å². The van der Waals surface area contributed by atoms with Gasteiger partial charge in [-0.1, -0.05) is 44.2 Å². The van der Waals surface area contributed by atoms with Gasteiger partial charge in [0.1, 0.15) is 12.1 Å². The van der Waals surface area contributed by atoms with E-state index in [1.165, 1.54) is 0 Å². The molecule has 2 unspecified atom stereocenters. The Morgan fingerprint density at radius 3 is 2.67 bits per heavy atom. The summed E-state index contributed by atoms with van der Waals surface area (Å²) in [7, 11) is 1.99. The van der Waals surface area contributed by atoms with E-state index in [9.17, 15) is 4.79 Å². The van der Waals surface area contributed by atoms with Gasteiger partial charge in [-0.15, -0.1) is 0 Å². The van der Waals surface area contributed by atoms with E-state index >= 15 is 0 Å². The normalized spacial score (nSPS) is 28.0. The van der Waals surface area contributed by atoms with E-state index < -0.39 is 0 Å². The first-order valence-corrected chi connectivity index (χ1v) is 8.59. The first kappa shape index (κ1) is 15.4. The number of nitrogens with zero attached hydrogens (tertiary/aromatic N) is 3. The van der Waals surface area contributed by atoms with Crippen LogP contribution in [0.25, 0.3) is 0 Å². The molecular formula is C19H23N3O2. The van der Waals surface area contributed by atoms with E-state index in [0.29, 0.717) is 12.5 Å². The Balaban J connectivity index is 1.78. The number of likely N-dealkylation sites (N-methyl/N-ethyl adjacent to an activating group) is 1. The van der Waals surface area contributed by atoms with Gasteiger partial charge in [-0.25, -0.2) is 4.98 Å². The third kappa shape index (κ3) is 2.11. The molecule has 0 amide bonds. The maximum absolute atomic E-state index is 13.1. The van der Waals surface area contributed by atoms with Gasteiger partial charge < -0.3 is 9.64 Å². The van der Waals surface area contributed by atoms with E-state index in [4.69, 9.17) is 4.74 Å². The highest BCUT2D eigenvalue weighted by molar-refractivity contribution is 5.54. The van der Waals surface area contributed by atoms with Crippen LogP contribution in [0, 0.1) is 5.92 Å². The van der Waals surface area contributed by atoms with Gasteiger partial charge in [-0.05, 0) is 17.9 Å². The number of hydrogen-bond donors (Lipinski definition) is 0. The molecule has 1 aromatic carbocycles. The third-order valence-electron chi connectivity index (χ3n) is 5.65. The smallest absolute Gasteiger partial charge is 0.259 e. The lowest BCUT2D eigenvalue weighted by atomic mass is 9.77. The summed E-state index contributed by atoms with van der Waals surface area (Å²) in [5.74, 6) is 1.24. The van der Waals surface area contributed by atoms with Crippen molar-refractivity contribution in [3.8, 4) is 0 Å². The van der Waals surface area contributed by atoms with Crippen LogP contribution in [0.4, 0.5) is 5.82 Å². The van der Waals surface area contributed by atoms with Gasteiger partial charge >= 0.3 is 0 Å². The Morgan fingerprint density at radius 1 is 1.33 bits per heavy atom. The topological polar surface area (TPSA) is 50.7 Å². The highest BCUT2D eigenvalue weighted by Crippen LogP contribution is 2.52. The van der Waals surface area contributed by atoms with Crippen LogP contribution < -0.4 is 10.5 Å². The predicted octanol–water partition coefficient (Wildman–Crippen LogP) is 2.60. The van der Waals surface area contributed by atoms with Crippen LogP contribution in [0.5, 0.6) is 0 Å². The molecular weight excluding hydrogens is 302 g/mol. The molecule has 3 heterocycles. The van der Waals surface area contributed by atoms with Gasteiger partial charge in [0.15, 0.2) is 5.72 Å². The summed E-state index contributed by atoms with van der Waals surface area (Å²) in [5.41, 5.74) is 1.74. The minimum absolute atomic E-state index is 0.0668. The SMILES string of the molecule is CCC1C(C)c2c(ncn(Cc3ccccc3)c2=O)N(C)[C@]12CO2. The minimum atomic E-state index is -0.258. The second-order valence-electron chi connectivity index (χ2n) is 6.90. The second-order valence-corrected chi connectivity index (χ2v) is 6.90. The van der Waals surface area contributed by atoms with Crippen LogP contribution in [0.2, 0.25) is 0 Å². The van der Waals surface area contributed by atoms with Crippen LogP contribution in [-0.4, -0.2) is 28.9 Å². The monoisotopic (exact) mass is 325 g/mol. The number of fused-ring (bicyclic) bond motifs is 1. The second kappa shape index (κ2) is 5.45. The molecule has 2 aromatic rings. The molecule has 1 saturated heterocycles. The van der Waals surface area contributed by atoms with Gasteiger partial charge in [0.25, 0.3) is 5.56 Å². The van der Waals surface area contributed by atoms with Gasteiger partial charge in [-0.2, -0.15) is 0 Å². The Morgan fingerprint density at radius 2 is 2.04 bits per heavy atom. The summed E-state index contributed by atoms with van der Waals surface area (Å²) < 4.78 is 7.54. The summed E-state index contributed by atoms with van der Waals surface area (Å²) in [5, 5.41) is 0. The van der Waals surface area contributed by atoms with E-state index in [-0.39, 0.29) is 17.2 Å². The number of epoxide rings is 1. The van der Waals surface area contributed by atoms with Crippen LogP contribution >= 0.6 is 0 Å². The number of benzene rings is 1. The Hall–Kier alpha value is -2.14. The molecule has 0 aliphatic carbocycles. The molecule has 0 N–H and O–H groups in total. The Labute approximate surface area is 141 Å². The lowest BCUT2D eigenvalue weighted by molar-refractivity contribution is 0.174. The average Bonchev–Trinajstić information content (AvgIpc) is 3.38. The largest absolute Gasteiger partial charge is 0.348 e. The Bertz CT molecular complexity index is 811. The minimum Gasteiger partial charge on any atom is -0.348 e. The van der Waals surface area contributed by atoms with Gasteiger partial charge in [-0.3, -0.25) is 9.36 Å². The van der Waals surface area contributed by atoms with Crippen molar-refractivity contribution in [3.05, 3.63) is 58.1 Å². The molecule has 2 aliphatic heterocycles. The van der Waals surface area contributed by atoms with Crippen molar-refractivity contribution < 1.29 is 4.74 Å². The summed E-state index contributed by atoms with van der Waals surface area (Å²) in [6.45, 7) is 5.58. The lowest BCUT2D eigenvalue weighted by Gasteiger charge is -2.42. The molecule has 5 nitrogen and oxygen atoms in total. The zero-order chi connectivity index (χ0) is 16.9. The molecule has 5 heteroatoms. The molecule has 3 atom stereocenters. The van der Waals surface area contributed by atoms with Crippen LogP contribution in [0.1, 0.15) is 37.3 Å². The first-order chi connectivity index (χ1) is 11.6. The molecule has 0 saturated carbocycles. The molecule has 0 radical (unpaired) electrons. The quantitative estimate of drug-likeness (QED) is 0.814. The standard InChI is InChI=1S/C19H23N3O2/c1-4-15-13(2)16-17(21(3)19(15)11-24-19)20-12-22(18(16)23)10-14-8-6-5-7-9-14/h5-9,12-13,15H,4,10-11H2,1-3H3/t13?,15?,19-/m0/s1. The summed E-state index contributed by atoms with van der Waals surface area (Å²) in [6.07, 6.45) is 2.65. The number of anilines is 1. The fourth-order valence-corrected chi connectivity index (χ4v) is 4.23.